The largest absolute Gasteiger partial charge is 0.481 e. The zero-order valence-electron chi connectivity index (χ0n) is 9.31. The number of hydrogen-bond donors (Lipinski definition) is 1. The van der Waals surface area contributed by atoms with Gasteiger partial charge in [-0.1, -0.05) is 19.4 Å². The van der Waals surface area contributed by atoms with Gasteiger partial charge in [-0.3, -0.25) is 9.59 Å². The molecule has 0 radical (unpaired) electrons. The molecule has 0 aliphatic heterocycles. The van der Waals surface area contributed by atoms with Gasteiger partial charge in [0.15, 0.2) is 5.78 Å². The van der Waals surface area contributed by atoms with Crippen LogP contribution in [0.2, 0.25) is 0 Å². The summed E-state index contributed by atoms with van der Waals surface area (Å²) in [5.74, 6) is -0.903. The molecule has 0 saturated carbocycles. The van der Waals surface area contributed by atoms with Crippen LogP contribution >= 0.6 is 11.3 Å². The lowest BCUT2D eigenvalue weighted by atomic mass is 10.0. The second-order valence-corrected chi connectivity index (χ2v) is 4.83. The number of hydrogen-bond acceptors (Lipinski definition) is 3. The van der Waals surface area contributed by atoms with Crippen LogP contribution in [0.4, 0.5) is 0 Å². The van der Waals surface area contributed by atoms with Gasteiger partial charge >= 0.3 is 5.97 Å². The van der Waals surface area contributed by atoms with Gasteiger partial charge < -0.3 is 5.11 Å². The molecule has 16 heavy (non-hydrogen) atoms. The van der Waals surface area contributed by atoms with Crippen LogP contribution in [0.3, 0.4) is 0 Å². The molecule has 1 atom stereocenters. The van der Waals surface area contributed by atoms with Crippen LogP contribution in [0.5, 0.6) is 0 Å². The van der Waals surface area contributed by atoms with E-state index in [1.807, 2.05) is 17.5 Å². The SMILES string of the molecule is CC(CCCCC(=O)c1cccs1)C(=O)O. The summed E-state index contributed by atoms with van der Waals surface area (Å²) in [6.45, 7) is 1.70. The lowest BCUT2D eigenvalue weighted by molar-refractivity contribution is -0.141. The molecule has 1 N–H and O–H groups in total. The van der Waals surface area contributed by atoms with Crippen molar-refractivity contribution in [2.75, 3.05) is 0 Å². The van der Waals surface area contributed by atoms with Crippen LogP contribution in [0.25, 0.3) is 0 Å². The Balaban J connectivity index is 2.17. The zero-order valence-corrected chi connectivity index (χ0v) is 10.1. The molecule has 1 aromatic heterocycles. The first-order valence-corrected chi connectivity index (χ1v) is 6.28. The quantitative estimate of drug-likeness (QED) is 0.588. The summed E-state index contributed by atoms with van der Waals surface area (Å²) in [5, 5.41) is 10.6. The summed E-state index contributed by atoms with van der Waals surface area (Å²) < 4.78 is 0. The fourth-order valence-corrected chi connectivity index (χ4v) is 2.11. The Kier molecular flexibility index (Phi) is 5.19. The molecule has 1 aromatic rings. The van der Waals surface area contributed by atoms with Gasteiger partial charge in [0.05, 0.1) is 10.8 Å². The van der Waals surface area contributed by atoms with Crippen LogP contribution in [-0.2, 0) is 4.79 Å². The highest BCUT2D eigenvalue weighted by molar-refractivity contribution is 7.12. The van der Waals surface area contributed by atoms with E-state index in [0.717, 1.165) is 17.7 Å². The van der Waals surface area contributed by atoms with Crippen molar-refractivity contribution in [2.24, 2.45) is 5.92 Å². The molecule has 0 fully saturated rings. The molecule has 0 aliphatic carbocycles. The van der Waals surface area contributed by atoms with E-state index < -0.39 is 5.97 Å². The first kappa shape index (κ1) is 12.9. The third kappa shape index (κ3) is 4.14. The number of aliphatic carboxylic acids is 1. The number of unbranched alkanes of at least 4 members (excludes halogenated alkanes) is 1. The van der Waals surface area contributed by atoms with Crippen molar-refractivity contribution in [3.05, 3.63) is 22.4 Å². The Labute approximate surface area is 99.1 Å². The maximum Gasteiger partial charge on any atom is 0.306 e. The van der Waals surface area contributed by atoms with Gasteiger partial charge in [0.2, 0.25) is 0 Å². The van der Waals surface area contributed by atoms with Gasteiger partial charge in [-0.15, -0.1) is 11.3 Å². The number of carbonyl (C=O) groups excluding carboxylic acids is 1. The first-order valence-electron chi connectivity index (χ1n) is 5.40. The van der Waals surface area contributed by atoms with Gasteiger partial charge in [0.1, 0.15) is 0 Å². The summed E-state index contributed by atoms with van der Waals surface area (Å²) in [6.07, 6.45) is 2.73. The van der Waals surface area contributed by atoms with E-state index in [1.54, 1.807) is 6.92 Å². The van der Waals surface area contributed by atoms with E-state index >= 15 is 0 Å². The number of thiophene rings is 1. The van der Waals surface area contributed by atoms with Crippen LogP contribution in [0.1, 0.15) is 42.3 Å². The molecule has 0 aliphatic rings. The minimum atomic E-state index is -0.760. The second-order valence-electron chi connectivity index (χ2n) is 3.89. The molecular formula is C12H16O3S. The van der Waals surface area contributed by atoms with Crippen molar-refractivity contribution in [1.29, 1.82) is 0 Å². The average Bonchev–Trinajstić information content (AvgIpc) is 2.76. The fraction of sp³-hybridized carbons (Fsp3) is 0.500. The standard InChI is InChI=1S/C12H16O3S/c1-9(12(14)15)5-2-3-6-10(13)11-7-4-8-16-11/h4,7-9H,2-3,5-6H2,1H3,(H,14,15). The Morgan fingerprint density at radius 3 is 2.75 bits per heavy atom. The monoisotopic (exact) mass is 240 g/mol. The van der Waals surface area contributed by atoms with E-state index in [0.29, 0.717) is 12.8 Å². The van der Waals surface area contributed by atoms with E-state index in [9.17, 15) is 9.59 Å². The number of carboxylic acid groups (broad SMARTS) is 1. The molecule has 3 nitrogen and oxygen atoms in total. The first-order chi connectivity index (χ1) is 7.61. The Bertz CT molecular complexity index is 343. The number of Topliss-reactive ketones (excluding diaryl/α,β-unsaturated/α-hetero) is 1. The molecule has 4 heteroatoms. The second kappa shape index (κ2) is 6.43. The summed E-state index contributed by atoms with van der Waals surface area (Å²) >= 11 is 1.46. The predicted octanol–water partition coefficient (Wildman–Crippen LogP) is 3.21. The number of carbonyl (C=O) groups is 2. The van der Waals surface area contributed by atoms with Crippen molar-refractivity contribution >= 4 is 23.1 Å². The number of carboxylic acids is 1. The predicted molar refractivity (Wildman–Crippen MR) is 63.9 cm³/mol. The molecular weight excluding hydrogens is 224 g/mol. The third-order valence-corrected chi connectivity index (χ3v) is 3.42. The van der Waals surface area contributed by atoms with Crippen molar-refractivity contribution in [2.45, 2.75) is 32.6 Å². The molecule has 0 bridgehead atoms. The summed E-state index contributed by atoms with van der Waals surface area (Å²) in [7, 11) is 0. The minimum Gasteiger partial charge on any atom is -0.481 e. The zero-order chi connectivity index (χ0) is 12.0. The van der Waals surface area contributed by atoms with E-state index in [1.165, 1.54) is 11.3 Å². The Morgan fingerprint density at radius 1 is 1.44 bits per heavy atom. The average molecular weight is 240 g/mol. The smallest absolute Gasteiger partial charge is 0.306 e. The summed E-state index contributed by atoms with van der Waals surface area (Å²) in [4.78, 5) is 22.9. The van der Waals surface area contributed by atoms with Gasteiger partial charge in [-0.25, -0.2) is 0 Å². The van der Waals surface area contributed by atoms with Gasteiger partial charge in [0, 0.05) is 6.42 Å². The van der Waals surface area contributed by atoms with Crippen LogP contribution in [-0.4, -0.2) is 16.9 Å². The Morgan fingerprint density at radius 2 is 2.19 bits per heavy atom. The number of ketones is 1. The lowest BCUT2D eigenvalue weighted by Crippen LogP contribution is -2.09. The maximum absolute atomic E-state index is 11.6. The van der Waals surface area contributed by atoms with Crippen molar-refractivity contribution in [3.8, 4) is 0 Å². The molecule has 0 amide bonds. The van der Waals surface area contributed by atoms with E-state index in [2.05, 4.69) is 0 Å². The fourth-order valence-electron chi connectivity index (χ4n) is 1.42. The molecule has 0 saturated heterocycles. The highest BCUT2D eigenvalue weighted by Crippen LogP contribution is 2.15. The molecule has 1 heterocycles. The van der Waals surface area contributed by atoms with Crippen molar-refractivity contribution in [1.82, 2.24) is 0 Å². The highest BCUT2D eigenvalue weighted by atomic mass is 32.1. The summed E-state index contributed by atoms with van der Waals surface area (Å²) in [6, 6.07) is 3.69. The van der Waals surface area contributed by atoms with Crippen molar-refractivity contribution in [3.63, 3.8) is 0 Å². The van der Waals surface area contributed by atoms with Gasteiger partial charge in [0.25, 0.3) is 0 Å². The van der Waals surface area contributed by atoms with Crippen LogP contribution in [0.15, 0.2) is 17.5 Å². The molecule has 0 aromatic carbocycles. The summed E-state index contributed by atoms with van der Waals surface area (Å²) in [5.41, 5.74) is 0. The van der Waals surface area contributed by atoms with E-state index in [-0.39, 0.29) is 11.7 Å². The van der Waals surface area contributed by atoms with Crippen molar-refractivity contribution < 1.29 is 14.7 Å². The highest BCUT2D eigenvalue weighted by Gasteiger charge is 2.11. The van der Waals surface area contributed by atoms with Crippen LogP contribution < -0.4 is 0 Å². The topological polar surface area (TPSA) is 54.4 Å². The van der Waals surface area contributed by atoms with Crippen LogP contribution in [0, 0.1) is 5.92 Å². The van der Waals surface area contributed by atoms with Gasteiger partial charge in [-0.05, 0) is 24.3 Å². The lowest BCUT2D eigenvalue weighted by Gasteiger charge is -2.04. The minimum absolute atomic E-state index is 0.165. The molecule has 1 unspecified atom stereocenters. The molecule has 1 rings (SSSR count). The molecule has 0 spiro atoms. The molecule has 88 valence electrons. The number of rotatable bonds is 7. The van der Waals surface area contributed by atoms with E-state index in [4.69, 9.17) is 5.11 Å². The Hall–Kier alpha value is -1.16. The normalized spacial score (nSPS) is 12.3. The third-order valence-electron chi connectivity index (χ3n) is 2.51. The maximum atomic E-state index is 11.6. The van der Waals surface area contributed by atoms with Gasteiger partial charge in [-0.2, -0.15) is 0 Å².